The molecule has 0 aliphatic carbocycles. The molecule has 4 nitrogen and oxygen atoms in total. The minimum Gasteiger partial charge on any atom is -0.411 e. The minimum atomic E-state index is 0.758. The van der Waals surface area contributed by atoms with Gasteiger partial charge in [-0.2, -0.15) is 0 Å². The number of pyridine rings is 1. The summed E-state index contributed by atoms with van der Waals surface area (Å²) in [7, 11) is 0. The van der Waals surface area contributed by atoms with Crippen molar-refractivity contribution in [3.63, 3.8) is 0 Å². The third-order valence-electron chi connectivity index (χ3n) is 1.64. The highest BCUT2D eigenvalue weighted by molar-refractivity contribution is 5.78. The quantitative estimate of drug-likeness (QED) is 0.387. The lowest BCUT2D eigenvalue weighted by Gasteiger charge is -1.92. The van der Waals surface area contributed by atoms with Crippen LogP contribution in [0.15, 0.2) is 35.7 Å². The molecule has 2 heterocycles. The third-order valence-corrected chi connectivity index (χ3v) is 1.64. The fourth-order valence-corrected chi connectivity index (χ4v) is 1.11. The zero-order valence-electron chi connectivity index (χ0n) is 6.25. The number of hydrogen-bond donors (Lipinski definition) is 1. The standard InChI is InChI=1S/C8H7N3O/c12-10-6-7-5-9-8-3-1-2-4-11(7)8/h1-6,12H/b10-6+. The van der Waals surface area contributed by atoms with E-state index in [2.05, 4.69) is 10.1 Å². The fourth-order valence-electron chi connectivity index (χ4n) is 1.11. The average Bonchev–Trinajstić information content (AvgIpc) is 2.50. The lowest BCUT2D eigenvalue weighted by molar-refractivity contribution is 0.321. The van der Waals surface area contributed by atoms with Crippen LogP contribution in [-0.4, -0.2) is 20.8 Å². The lowest BCUT2D eigenvalue weighted by atomic mass is 10.4. The molecule has 4 heteroatoms. The molecule has 12 heavy (non-hydrogen) atoms. The van der Waals surface area contributed by atoms with E-state index >= 15 is 0 Å². The molecule has 0 unspecified atom stereocenters. The number of rotatable bonds is 1. The first-order chi connectivity index (χ1) is 5.92. The topological polar surface area (TPSA) is 49.9 Å². The Balaban J connectivity index is 2.70. The largest absolute Gasteiger partial charge is 0.411 e. The van der Waals surface area contributed by atoms with E-state index in [9.17, 15) is 0 Å². The van der Waals surface area contributed by atoms with Crippen molar-refractivity contribution in [2.45, 2.75) is 0 Å². The summed E-state index contributed by atoms with van der Waals surface area (Å²) < 4.78 is 1.83. The highest BCUT2D eigenvalue weighted by Crippen LogP contribution is 2.02. The van der Waals surface area contributed by atoms with E-state index in [1.807, 2.05) is 28.8 Å². The van der Waals surface area contributed by atoms with E-state index in [4.69, 9.17) is 5.21 Å². The van der Waals surface area contributed by atoms with Gasteiger partial charge in [-0.1, -0.05) is 11.2 Å². The Bertz CT molecular complexity index is 419. The molecule has 0 spiro atoms. The molecule has 2 aromatic heterocycles. The second-order valence-electron chi connectivity index (χ2n) is 2.36. The zero-order chi connectivity index (χ0) is 8.39. The van der Waals surface area contributed by atoms with Crippen molar-refractivity contribution in [1.82, 2.24) is 9.38 Å². The fraction of sp³-hybridized carbons (Fsp3) is 0. The molecule has 2 rings (SSSR count). The van der Waals surface area contributed by atoms with Crippen LogP contribution in [0.2, 0.25) is 0 Å². The third kappa shape index (κ3) is 0.934. The van der Waals surface area contributed by atoms with Gasteiger partial charge in [-0.15, -0.1) is 0 Å². The van der Waals surface area contributed by atoms with Crippen molar-refractivity contribution in [1.29, 1.82) is 0 Å². The van der Waals surface area contributed by atoms with Crippen molar-refractivity contribution in [2.75, 3.05) is 0 Å². The lowest BCUT2D eigenvalue weighted by Crippen LogP contribution is -1.89. The molecule has 0 saturated heterocycles. The molecular formula is C8H7N3O. The van der Waals surface area contributed by atoms with Gasteiger partial charge >= 0.3 is 0 Å². The molecule has 0 aromatic carbocycles. The van der Waals surface area contributed by atoms with E-state index in [0.717, 1.165) is 11.3 Å². The van der Waals surface area contributed by atoms with Gasteiger partial charge in [0.05, 0.1) is 18.1 Å². The van der Waals surface area contributed by atoms with Gasteiger partial charge in [0.25, 0.3) is 0 Å². The second kappa shape index (κ2) is 2.65. The predicted octanol–water partition coefficient (Wildman–Crippen LogP) is 1.14. The second-order valence-corrected chi connectivity index (χ2v) is 2.36. The van der Waals surface area contributed by atoms with E-state index in [1.54, 1.807) is 6.20 Å². The maximum Gasteiger partial charge on any atom is 0.137 e. The van der Waals surface area contributed by atoms with Crippen molar-refractivity contribution >= 4 is 11.9 Å². The van der Waals surface area contributed by atoms with Crippen molar-refractivity contribution in [2.24, 2.45) is 5.16 Å². The molecule has 0 aliphatic heterocycles. The molecule has 0 aliphatic rings. The van der Waals surface area contributed by atoms with Gasteiger partial charge in [0.15, 0.2) is 0 Å². The van der Waals surface area contributed by atoms with Gasteiger partial charge in [0.2, 0.25) is 0 Å². The zero-order valence-corrected chi connectivity index (χ0v) is 6.25. The molecule has 0 bridgehead atoms. The van der Waals surface area contributed by atoms with Crippen LogP contribution in [0.1, 0.15) is 5.69 Å². The first-order valence-corrected chi connectivity index (χ1v) is 3.51. The number of nitrogens with zero attached hydrogens (tertiary/aromatic N) is 3. The van der Waals surface area contributed by atoms with E-state index in [1.165, 1.54) is 6.21 Å². The molecule has 0 saturated carbocycles. The summed E-state index contributed by atoms with van der Waals surface area (Å²) in [5, 5.41) is 11.3. The van der Waals surface area contributed by atoms with Crippen LogP contribution in [-0.2, 0) is 0 Å². The summed E-state index contributed by atoms with van der Waals surface area (Å²) in [6.07, 6.45) is 4.86. The van der Waals surface area contributed by atoms with Crippen LogP contribution < -0.4 is 0 Å². The first kappa shape index (κ1) is 6.84. The molecule has 1 N–H and O–H groups in total. The first-order valence-electron chi connectivity index (χ1n) is 3.51. The Morgan fingerprint density at radius 1 is 1.50 bits per heavy atom. The van der Waals surface area contributed by atoms with Crippen molar-refractivity contribution in [3.05, 3.63) is 36.3 Å². The minimum absolute atomic E-state index is 0.758. The highest BCUT2D eigenvalue weighted by atomic mass is 16.4. The summed E-state index contributed by atoms with van der Waals surface area (Å²) in [5.74, 6) is 0. The van der Waals surface area contributed by atoms with E-state index in [0.29, 0.717) is 0 Å². The van der Waals surface area contributed by atoms with Gasteiger partial charge in [0, 0.05) is 6.20 Å². The number of fused-ring (bicyclic) bond motifs is 1. The van der Waals surface area contributed by atoms with Gasteiger partial charge in [-0.05, 0) is 12.1 Å². The van der Waals surface area contributed by atoms with Gasteiger partial charge in [0.1, 0.15) is 5.65 Å². The molecule has 0 amide bonds. The number of aromatic nitrogens is 2. The van der Waals surface area contributed by atoms with Crippen molar-refractivity contribution < 1.29 is 5.21 Å². The molecule has 0 fully saturated rings. The smallest absolute Gasteiger partial charge is 0.137 e. The summed E-state index contributed by atoms with van der Waals surface area (Å²) in [4.78, 5) is 4.10. The molecule has 2 aromatic rings. The maximum atomic E-state index is 8.33. The van der Waals surface area contributed by atoms with Crippen LogP contribution in [0.4, 0.5) is 0 Å². The summed E-state index contributed by atoms with van der Waals surface area (Å²) in [6.45, 7) is 0. The molecule has 0 atom stereocenters. The Kier molecular flexibility index (Phi) is 1.51. The van der Waals surface area contributed by atoms with Crippen LogP contribution in [0.25, 0.3) is 5.65 Å². The molecular weight excluding hydrogens is 154 g/mol. The summed E-state index contributed by atoms with van der Waals surface area (Å²) in [6, 6.07) is 5.68. The van der Waals surface area contributed by atoms with Crippen LogP contribution >= 0.6 is 0 Å². The maximum absolute atomic E-state index is 8.33. The Morgan fingerprint density at radius 2 is 2.42 bits per heavy atom. The monoisotopic (exact) mass is 161 g/mol. The number of oxime groups is 1. The van der Waals surface area contributed by atoms with Gasteiger partial charge in [-0.3, -0.25) is 4.40 Å². The number of hydrogen-bond acceptors (Lipinski definition) is 3. The van der Waals surface area contributed by atoms with E-state index in [-0.39, 0.29) is 0 Å². The highest BCUT2D eigenvalue weighted by Gasteiger charge is 1.97. The predicted molar refractivity (Wildman–Crippen MR) is 44.6 cm³/mol. The average molecular weight is 161 g/mol. The molecule has 0 radical (unpaired) electrons. The van der Waals surface area contributed by atoms with Crippen LogP contribution in [0.5, 0.6) is 0 Å². The van der Waals surface area contributed by atoms with Crippen LogP contribution in [0.3, 0.4) is 0 Å². The Labute approximate surface area is 68.8 Å². The SMILES string of the molecule is O/N=C/c1cnc2ccccn12. The number of imidazole rings is 1. The molecule has 60 valence electrons. The Hall–Kier alpha value is -1.84. The van der Waals surface area contributed by atoms with Gasteiger partial charge in [-0.25, -0.2) is 4.98 Å². The Morgan fingerprint density at radius 3 is 3.25 bits per heavy atom. The summed E-state index contributed by atoms with van der Waals surface area (Å²) >= 11 is 0. The van der Waals surface area contributed by atoms with Crippen molar-refractivity contribution in [3.8, 4) is 0 Å². The normalized spacial score (nSPS) is 11.3. The van der Waals surface area contributed by atoms with Crippen LogP contribution in [0, 0.1) is 0 Å². The van der Waals surface area contributed by atoms with E-state index < -0.39 is 0 Å². The summed E-state index contributed by atoms with van der Waals surface area (Å²) in [5.41, 5.74) is 1.60. The van der Waals surface area contributed by atoms with Gasteiger partial charge < -0.3 is 5.21 Å².